The molecule has 1 saturated heterocycles. The number of hydrogen-bond acceptors (Lipinski definition) is 2. The third-order valence-electron chi connectivity index (χ3n) is 3.91. The zero-order valence-corrected chi connectivity index (χ0v) is 13.2. The van der Waals surface area contributed by atoms with Crippen LogP contribution in [-0.2, 0) is 6.42 Å². The Hall–Kier alpha value is -0.640. The molecular weight excluding hydrogens is 318 g/mol. The summed E-state index contributed by atoms with van der Waals surface area (Å²) in [5, 5.41) is 3.55. The van der Waals surface area contributed by atoms with Crippen molar-refractivity contribution in [3.05, 3.63) is 56.7 Å². The fourth-order valence-corrected chi connectivity index (χ4v) is 4.61. The minimum atomic E-state index is 0.706. The van der Waals surface area contributed by atoms with E-state index in [-0.39, 0.29) is 0 Å². The van der Waals surface area contributed by atoms with Crippen molar-refractivity contribution in [3.8, 4) is 0 Å². The van der Waals surface area contributed by atoms with Crippen LogP contribution >= 0.6 is 27.3 Å². The second-order valence-electron chi connectivity index (χ2n) is 5.19. The molecule has 2 heterocycles. The molecule has 0 spiro atoms. The molecule has 0 bridgehead atoms. The zero-order valence-electron chi connectivity index (χ0n) is 10.8. The smallest absolute Gasteiger partial charge is 0.0701 e. The zero-order chi connectivity index (χ0) is 13.1. The van der Waals surface area contributed by atoms with Crippen molar-refractivity contribution in [1.29, 1.82) is 0 Å². The predicted octanol–water partition coefficient (Wildman–Crippen LogP) is 4.45. The van der Waals surface area contributed by atoms with Gasteiger partial charge in [-0.2, -0.15) is 0 Å². The van der Waals surface area contributed by atoms with Gasteiger partial charge in [-0.3, -0.25) is 0 Å². The van der Waals surface area contributed by atoms with E-state index in [1.807, 2.05) is 11.3 Å². The standard InChI is InChI=1S/C16H18BrNS/c17-16-7-6-15(19-16)14-8-9-18-11-13(14)10-12-4-2-1-3-5-12/h1-7,13-14,18H,8-11H2. The van der Waals surface area contributed by atoms with Gasteiger partial charge in [-0.15, -0.1) is 11.3 Å². The molecular formula is C16H18BrNS. The number of nitrogens with one attached hydrogen (secondary N) is 1. The first kappa shape index (κ1) is 13.3. The average molecular weight is 336 g/mol. The normalized spacial score (nSPS) is 23.4. The van der Waals surface area contributed by atoms with Gasteiger partial charge in [-0.1, -0.05) is 30.3 Å². The number of rotatable bonds is 3. The molecule has 1 aromatic carbocycles. The highest BCUT2D eigenvalue weighted by Crippen LogP contribution is 2.37. The maximum atomic E-state index is 3.59. The molecule has 2 atom stereocenters. The molecule has 3 heteroatoms. The molecule has 1 aliphatic heterocycles. The van der Waals surface area contributed by atoms with Gasteiger partial charge in [0.05, 0.1) is 3.79 Å². The van der Waals surface area contributed by atoms with Crippen molar-refractivity contribution < 1.29 is 0 Å². The van der Waals surface area contributed by atoms with Crippen LogP contribution < -0.4 is 5.32 Å². The van der Waals surface area contributed by atoms with E-state index in [1.54, 1.807) is 0 Å². The van der Waals surface area contributed by atoms with Crippen molar-refractivity contribution in [1.82, 2.24) is 5.32 Å². The minimum absolute atomic E-state index is 0.706. The molecule has 1 N–H and O–H groups in total. The Bertz CT molecular complexity index is 523. The Balaban J connectivity index is 1.77. The van der Waals surface area contributed by atoms with Gasteiger partial charge in [0.2, 0.25) is 0 Å². The van der Waals surface area contributed by atoms with E-state index >= 15 is 0 Å². The van der Waals surface area contributed by atoms with E-state index in [1.165, 1.54) is 27.1 Å². The average Bonchev–Trinajstić information content (AvgIpc) is 2.87. The molecule has 0 aliphatic carbocycles. The number of piperidine rings is 1. The summed E-state index contributed by atoms with van der Waals surface area (Å²) in [4.78, 5) is 1.54. The summed E-state index contributed by atoms with van der Waals surface area (Å²) in [6.45, 7) is 2.28. The maximum absolute atomic E-state index is 3.59. The lowest BCUT2D eigenvalue weighted by atomic mass is 9.81. The second kappa shape index (κ2) is 6.21. The lowest BCUT2D eigenvalue weighted by Gasteiger charge is -2.31. The fraction of sp³-hybridized carbons (Fsp3) is 0.375. The van der Waals surface area contributed by atoms with Crippen LogP contribution in [0.2, 0.25) is 0 Å². The fourth-order valence-electron chi connectivity index (χ4n) is 2.96. The lowest BCUT2D eigenvalue weighted by Crippen LogP contribution is -2.36. The van der Waals surface area contributed by atoms with Crippen LogP contribution in [0.3, 0.4) is 0 Å². The first-order valence-electron chi connectivity index (χ1n) is 6.83. The van der Waals surface area contributed by atoms with Gasteiger partial charge in [0.25, 0.3) is 0 Å². The molecule has 3 rings (SSSR count). The molecule has 19 heavy (non-hydrogen) atoms. The molecule has 100 valence electrons. The summed E-state index contributed by atoms with van der Waals surface area (Å²) in [6.07, 6.45) is 2.43. The van der Waals surface area contributed by atoms with Crippen molar-refractivity contribution in [2.45, 2.75) is 18.8 Å². The van der Waals surface area contributed by atoms with Crippen LogP contribution in [0.5, 0.6) is 0 Å². The third-order valence-corrected chi connectivity index (χ3v) is 5.66. The molecule has 1 fully saturated rings. The predicted molar refractivity (Wildman–Crippen MR) is 85.9 cm³/mol. The molecule has 0 radical (unpaired) electrons. The van der Waals surface area contributed by atoms with Gasteiger partial charge in [0.1, 0.15) is 0 Å². The molecule has 2 aromatic rings. The number of thiophene rings is 1. The highest BCUT2D eigenvalue weighted by molar-refractivity contribution is 9.11. The summed E-state index contributed by atoms with van der Waals surface area (Å²) in [6, 6.07) is 15.3. The minimum Gasteiger partial charge on any atom is -0.316 e. The molecule has 1 nitrogen and oxygen atoms in total. The first-order valence-corrected chi connectivity index (χ1v) is 8.44. The lowest BCUT2D eigenvalue weighted by molar-refractivity contribution is 0.327. The summed E-state index contributed by atoms with van der Waals surface area (Å²) in [5.74, 6) is 1.42. The van der Waals surface area contributed by atoms with E-state index < -0.39 is 0 Å². The van der Waals surface area contributed by atoms with Gasteiger partial charge < -0.3 is 5.32 Å². The summed E-state index contributed by atoms with van der Waals surface area (Å²) >= 11 is 5.49. The van der Waals surface area contributed by atoms with E-state index in [0.717, 1.165) is 13.1 Å². The quantitative estimate of drug-likeness (QED) is 0.873. The second-order valence-corrected chi connectivity index (χ2v) is 7.69. The van der Waals surface area contributed by atoms with E-state index in [0.29, 0.717) is 11.8 Å². The molecule has 0 amide bonds. The van der Waals surface area contributed by atoms with Crippen molar-refractivity contribution >= 4 is 27.3 Å². The van der Waals surface area contributed by atoms with Crippen molar-refractivity contribution in [2.75, 3.05) is 13.1 Å². The van der Waals surface area contributed by atoms with Crippen molar-refractivity contribution in [3.63, 3.8) is 0 Å². The third kappa shape index (κ3) is 3.28. The Morgan fingerprint density at radius 2 is 2.00 bits per heavy atom. The van der Waals surface area contributed by atoms with Gasteiger partial charge >= 0.3 is 0 Å². The summed E-state index contributed by atoms with van der Waals surface area (Å²) < 4.78 is 1.25. The van der Waals surface area contributed by atoms with Crippen LogP contribution in [0, 0.1) is 5.92 Å². The monoisotopic (exact) mass is 335 g/mol. The van der Waals surface area contributed by atoms with Crippen LogP contribution in [-0.4, -0.2) is 13.1 Å². The summed E-state index contributed by atoms with van der Waals surface area (Å²) in [5.41, 5.74) is 1.46. The van der Waals surface area contributed by atoms with E-state index in [4.69, 9.17) is 0 Å². The molecule has 0 saturated carbocycles. The number of halogens is 1. The van der Waals surface area contributed by atoms with Crippen molar-refractivity contribution in [2.24, 2.45) is 5.92 Å². The topological polar surface area (TPSA) is 12.0 Å². The number of hydrogen-bond donors (Lipinski definition) is 1. The van der Waals surface area contributed by atoms with Crippen LogP contribution in [0.25, 0.3) is 0 Å². The first-order chi connectivity index (χ1) is 9.33. The Labute approximate surface area is 127 Å². The largest absolute Gasteiger partial charge is 0.316 e. The SMILES string of the molecule is Brc1ccc(C2CCNCC2Cc2ccccc2)s1. The molecule has 2 unspecified atom stereocenters. The van der Waals surface area contributed by atoms with Crippen LogP contribution in [0.4, 0.5) is 0 Å². The Morgan fingerprint density at radius 1 is 1.16 bits per heavy atom. The van der Waals surface area contributed by atoms with Crippen LogP contribution in [0.15, 0.2) is 46.3 Å². The highest BCUT2D eigenvalue weighted by atomic mass is 79.9. The Kier molecular flexibility index (Phi) is 4.36. The highest BCUT2D eigenvalue weighted by Gasteiger charge is 2.27. The van der Waals surface area contributed by atoms with Gasteiger partial charge in [0, 0.05) is 4.88 Å². The van der Waals surface area contributed by atoms with E-state index in [2.05, 4.69) is 63.7 Å². The molecule has 1 aromatic heterocycles. The van der Waals surface area contributed by atoms with Crippen LogP contribution in [0.1, 0.15) is 22.8 Å². The Morgan fingerprint density at radius 3 is 2.74 bits per heavy atom. The maximum Gasteiger partial charge on any atom is 0.0701 e. The van der Waals surface area contributed by atoms with E-state index in [9.17, 15) is 0 Å². The summed E-state index contributed by atoms with van der Waals surface area (Å²) in [7, 11) is 0. The van der Waals surface area contributed by atoms with Gasteiger partial charge in [0.15, 0.2) is 0 Å². The van der Waals surface area contributed by atoms with Gasteiger partial charge in [-0.25, -0.2) is 0 Å². The van der Waals surface area contributed by atoms with Gasteiger partial charge in [-0.05, 0) is 71.4 Å². The molecule has 1 aliphatic rings. The number of benzene rings is 1.